The molecule has 1 aliphatic heterocycles. The molecule has 3 aromatic rings. The van der Waals surface area contributed by atoms with E-state index in [9.17, 15) is 8.78 Å². The quantitative estimate of drug-likeness (QED) is 0.730. The van der Waals surface area contributed by atoms with Crippen LogP contribution in [-0.4, -0.2) is 39.1 Å². The monoisotopic (exact) mass is 359 g/mol. The van der Waals surface area contributed by atoms with Crippen molar-refractivity contribution in [3.8, 4) is 11.8 Å². The molecule has 1 aliphatic rings. The highest BCUT2D eigenvalue weighted by atomic mass is 19.1. The maximum Gasteiger partial charge on any atom is 0.255 e. The van der Waals surface area contributed by atoms with E-state index in [0.29, 0.717) is 30.6 Å². The maximum absolute atomic E-state index is 13.1. The molecule has 0 radical (unpaired) electrons. The first-order valence-corrected chi connectivity index (χ1v) is 7.96. The first-order valence-electron chi connectivity index (χ1n) is 7.96. The van der Waals surface area contributed by atoms with Crippen LogP contribution < -0.4 is 10.1 Å². The Bertz CT molecular complexity index is 896. The van der Waals surface area contributed by atoms with Gasteiger partial charge in [-0.2, -0.15) is 15.1 Å². The highest BCUT2D eigenvalue weighted by molar-refractivity contribution is 5.57. The van der Waals surface area contributed by atoms with Crippen molar-refractivity contribution < 1.29 is 18.3 Å². The van der Waals surface area contributed by atoms with Crippen molar-refractivity contribution in [1.82, 2.24) is 19.7 Å². The molecule has 1 fully saturated rings. The van der Waals surface area contributed by atoms with E-state index in [4.69, 9.17) is 9.47 Å². The van der Waals surface area contributed by atoms with Crippen LogP contribution in [0.1, 0.15) is 5.69 Å². The van der Waals surface area contributed by atoms with Gasteiger partial charge in [0.15, 0.2) is 0 Å². The molecule has 9 heteroatoms. The molecule has 1 aromatic carbocycles. The van der Waals surface area contributed by atoms with E-state index in [0.717, 1.165) is 0 Å². The van der Waals surface area contributed by atoms with Crippen LogP contribution in [0, 0.1) is 5.82 Å². The zero-order valence-corrected chi connectivity index (χ0v) is 13.6. The van der Waals surface area contributed by atoms with Gasteiger partial charge in [-0.3, -0.25) is 0 Å². The average molecular weight is 359 g/mol. The van der Waals surface area contributed by atoms with Gasteiger partial charge in [0, 0.05) is 18.0 Å². The zero-order valence-electron chi connectivity index (χ0n) is 13.6. The van der Waals surface area contributed by atoms with Crippen molar-refractivity contribution in [2.24, 2.45) is 0 Å². The number of hydrogen-bond donors (Lipinski definition) is 1. The van der Waals surface area contributed by atoms with Gasteiger partial charge in [0.1, 0.15) is 24.4 Å². The van der Waals surface area contributed by atoms with Crippen LogP contribution in [0.3, 0.4) is 0 Å². The molecule has 0 aliphatic carbocycles. The number of ether oxygens (including phenoxy) is 2. The highest BCUT2D eigenvalue weighted by Gasteiger charge is 2.21. The first kappa shape index (κ1) is 16.4. The summed E-state index contributed by atoms with van der Waals surface area (Å²) in [4.78, 5) is 8.69. The molecule has 0 amide bonds. The second kappa shape index (κ2) is 7.04. The van der Waals surface area contributed by atoms with Gasteiger partial charge in [-0.05, 0) is 30.3 Å². The van der Waals surface area contributed by atoms with Crippen LogP contribution in [0.15, 0.2) is 42.6 Å². The molecular weight excluding hydrogens is 344 g/mol. The van der Waals surface area contributed by atoms with E-state index in [1.165, 1.54) is 16.8 Å². The molecule has 1 saturated heterocycles. The summed E-state index contributed by atoms with van der Waals surface area (Å²) in [6.45, 7) is 0.310. The van der Waals surface area contributed by atoms with Crippen LogP contribution >= 0.6 is 0 Å². The molecule has 0 spiro atoms. The standard InChI is InChI=1S/C17H15F2N5O2/c18-8-13-5-6-24(23-13)17-21-15(20-12-3-1-11(19)2-4-12)7-16(22-17)26-14-9-25-10-14/h1-7,14H,8-10H2,(H,20,21,22). The summed E-state index contributed by atoms with van der Waals surface area (Å²) in [6.07, 6.45) is 1.50. The fourth-order valence-electron chi connectivity index (χ4n) is 2.32. The van der Waals surface area contributed by atoms with E-state index in [1.807, 2.05) is 0 Å². The largest absolute Gasteiger partial charge is 0.469 e. The molecule has 1 N–H and O–H groups in total. The smallest absolute Gasteiger partial charge is 0.255 e. The molecule has 134 valence electrons. The van der Waals surface area contributed by atoms with Crippen molar-refractivity contribution in [1.29, 1.82) is 0 Å². The lowest BCUT2D eigenvalue weighted by molar-refractivity contribution is -0.0813. The van der Waals surface area contributed by atoms with Crippen LogP contribution in [0.4, 0.5) is 20.3 Å². The average Bonchev–Trinajstić information content (AvgIpc) is 3.09. The molecular formula is C17H15F2N5O2. The summed E-state index contributed by atoms with van der Waals surface area (Å²) < 4.78 is 38.1. The number of alkyl halides is 1. The Morgan fingerprint density at radius 2 is 2.00 bits per heavy atom. The Hall–Kier alpha value is -3.07. The third kappa shape index (κ3) is 3.62. The van der Waals surface area contributed by atoms with Gasteiger partial charge in [-0.1, -0.05) is 0 Å². The zero-order chi connectivity index (χ0) is 17.9. The summed E-state index contributed by atoms with van der Waals surface area (Å²) in [5.41, 5.74) is 0.930. The Kier molecular flexibility index (Phi) is 4.44. The molecule has 0 atom stereocenters. The SMILES string of the molecule is FCc1ccn(-c2nc(Nc3ccc(F)cc3)cc(OC3COC3)n2)n1. The number of rotatable bonds is 6. The second-order valence-electron chi connectivity index (χ2n) is 5.69. The number of benzene rings is 1. The third-order valence-electron chi connectivity index (χ3n) is 3.69. The minimum absolute atomic E-state index is 0.0737. The minimum atomic E-state index is -0.677. The van der Waals surface area contributed by atoms with Gasteiger partial charge in [0.25, 0.3) is 5.95 Å². The van der Waals surface area contributed by atoms with Gasteiger partial charge in [0.2, 0.25) is 5.88 Å². The third-order valence-corrected chi connectivity index (χ3v) is 3.69. The molecule has 3 heterocycles. The number of halogens is 2. The summed E-state index contributed by atoms with van der Waals surface area (Å²) in [7, 11) is 0. The molecule has 0 bridgehead atoms. The van der Waals surface area contributed by atoms with Crippen molar-refractivity contribution in [3.63, 3.8) is 0 Å². The number of nitrogens with one attached hydrogen (secondary N) is 1. The molecule has 26 heavy (non-hydrogen) atoms. The summed E-state index contributed by atoms with van der Waals surface area (Å²) in [5.74, 6) is 0.676. The Morgan fingerprint density at radius 1 is 1.19 bits per heavy atom. The predicted octanol–water partition coefficient (Wildman–Crippen LogP) is 2.79. The van der Waals surface area contributed by atoms with E-state index in [-0.39, 0.29) is 23.6 Å². The first-order chi connectivity index (χ1) is 12.7. The van der Waals surface area contributed by atoms with E-state index in [2.05, 4.69) is 20.4 Å². The van der Waals surface area contributed by atoms with E-state index >= 15 is 0 Å². The number of nitrogens with zero attached hydrogens (tertiary/aromatic N) is 4. The molecule has 7 nitrogen and oxygen atoms in total. The molecule has 2 aromatic heterocycles. The Morgan fingerprint density at radius 3 is 2.65 bits per heavy atom. The van der Waals surface area contributed by atoms with Crippen molar-refractivity contribution in [2.45, 2.75) is 12.8 Å². The number of anilines is 2. The van der Waals surface area contributed by atoms with Crippen LogP contribution in [0.2, 0.25) is 0 Å². The number of hydrogen-bond acceptors (Lipinski definition) is 6. The second-order valence-corrected chi connectivity index (χ2v) is 5.69. The predicted molar refractivity (Wildman–Crippen MR) is 88.9 cm³/mol. The fourth-order valence-corrected chi connectivity index (χ4v) is 2.32. The van der Waals surface area contributed by atoms with Crippen LogP contribution in [-0.2, 0) is 11.4 Å². The molecule has 4 rings (SSSR count). The Balaban J connectivity index is 1.65. The van der Waals surface area contributed by atoms with Crippen molar-refractivity contribution >= 4 is 11.5 Å². The fraction of sp³-hybridized carbons (Fsp3) is 0.235. The van der Waals surface area contributed by atoms with Crippen molar-refractivity contribution in [3.05, 3.63) is 54.1 Å². The summed E-state index contributed by atoms with van der Waals surface area (Å²) >= 11 is 0. The minimum Gasteiger partial charge on any atom is -0.469 e. The highest BCUT2D eigenvalue weighted by Crippen LogP contribution is 2.22. The van der Waals surface area contributed by atoms with Gasteiger partial charge in [-0.15, -0.1) is 0 Å². The lowest BCUT2D eigenvalue weighted by atomic mass is 10.3. The Labute approximate surface area is 147 Å². The molecule has 0 unspecified atom stereocenters. The lowest BCUT2D eigenvalue weighted by Gasteiger charge is -2.26. The van der Waals surface area contributed by atoms with Crippen LogP contribution in [0.25, 0.3) is 5.95 Å². The van der Waals surface area contributed by atoms with E-state index in [1.54, 1.807) is 30.5 Å². The van der Waals surface area contributed by atoms with E-state index < -0.39 is 6.67 Å². The van der Waals surface area contributed by atoms with Gasteiger partial charge >= 0.3 is 0 Å². The maximum atomic E-state index is 13.1. The lowest BCUT2D eigenvalue weighted by Crippen LogP contribution is -2.38. The van der Waals surface area contributed by atoms with Crippen molar-refractivity contribution in [2.75, 3.05) is 18.5 Å². The summed E-state index contributed by atoms with van der Waals surface area (Å²) in [5, 5.41) is 7.14. The van der Waals surface area contributed by atoms with Gasteiger partial charge in [0.05, 0.1) is 18.9 Å². The summed E-state index contributed by atoms with van der Waals surface area (Å²) in [6, 6.07) is 9.04. The van der Waals surface area contributed by atoms with Gasteiger partial charge in [-0.25, -0.2) is 13.5 Å². The van der Waals surface area contributed by atoms with Crippen LogP contribution in [0.5, 0.6) is 5.88 Å². The topological polar surface area (TPSA) is 74.1 Å². The van der Waals surface area contributed by atoms with Gasteiger partial charge < -0.3 is 14.8 Å². The number of aromatic nitrogens is 4. The molecule has 0 saturated carbocycles. The normalized spacial score (nSPS) is 14.1.